The minimum absolute atomic E-state index is 0.395. The molecule has 4 nitrogen and oxygen atoms in total. The van der Waals surface area contributed by atoms with Crippen molar-refractivity contribution >= 4 is 28.2 Å². The molecule has 0 aliphatic carbocycles. The first-order valence-electron chi connectivity index (χ1n) is 8.46. The van der Waals surface area contributed by atoms with E-state index in [-0.39, 0.29) is 0 Å². The minimum atomic E-state index is -4.39. The normalized spacial score (nSPS) is 14.8. The molecule has 2 aromatic carbocycles. The lowest BCUT2D eigenvalue weighted by Gasteiger charge is -2.23. The van der Waals surface area contributed by atoms with E-state index in [2.05, 4.69) is 20.2 Å². The van der Waals surface area contributed by atoms with Gasteiger partial charge in [-0.25, -0.2) is 4.98 Å². The van der Waals surface area contributed by atoms with Gasteiger partial charge in [-0.15, -0.1) is 0 Å². The van der Waals surface area contributed by atoms with Gasteiger partial charge in [0.05, 0.1) is 34.2 Å². The summed E-state index contributed by atoms with van der Waals surface area (Å²) in [7, 11) is 0. The van der Waals surface area contributed by atoms with E-state index in [9.17, 15) is 13.2 Å². The highest BCUT2D eigenvalue weighted by Gasteiger charge is 2.31. The highest BCUT2D eigenvalue weighted by atomic mass is 19.4. The maximum Gasteiger partial charge on any atom is 0.416 e. The second kappa shape index (κ2) is 6.48. The molecule has 0 saturated carbocycles. The van der Waals surface area contributed by atoms with Crippen molar-refractivity contribution in [3.05, 3.63) is 54.2 Å². The summed E-state index contributed by atoms with van der Waals surface area (Å²) >= 11 is 0. The summed E-state index contributed by atoms with van der Waals surface area (Å²) in [5.41, 5.74) is 1.89. The Labute approximate surface area is 148 Å². The van der Waals surface area contributed by atoms with E-state index >= 15 is 0 Å². The number of halogens is 3. The molecule has 1 aromatic heterocycles. The van der Waals surface area contributed by atoms with E-state index in [0.717, 1.165) is 49.3 Å². The molecule has 0 bridgehead atoms. The third kappa shape index (κ3) is 3.29. The summed E-state index contributed by atoms with van der Waals surface area (Å²) in [6.45, 7) is 1.67. The predicted molar refractivity (Wildman–Crippen MR) is 95.7 cm³/mol. The van der Waals surface area contributed by atoms with Crippen molar-refractivity contribution < 1.29 is 13.2 Å². The molecule has 3 aromatic rings. The van der Waals surface area contributed by atoms with Gasteiger partial charge in [-0.3, -0.25) is 4.98 Å². The summed E-state index contributed by atoms with van der Waals surface area (Å²) in [4.78, 5) is 10.9. The Morgan fingerprint density at radius 2 is 1.69 bits per heavy atom. The standard InChI is InChI=1S/C19H17F3N4/c20-19(21,22)13-7-8-17(26-9-3-4-10-26)16(11-13)25-18-12-23-14-5-1-2-6-15(14)24-18/h1-2,5-8,11-12H,3-4,9-10H2,(H,24,25). The zero-order valence-corrected chi connectivity index (χ0v) is 13.9. The van der Waals surface area contributed by atoms with Crippen LogP contribution in [0.1, 0.15) is 18.4 Å². The maximum atomic E-state index is 13.2. The number of anilines is 3. The molecule has 0 spiro atoms. The van der Waals surface area contributed by atoms with Gasteiger partial charge in [-0.1, -0.05) is 12.1 Å². The number of para-hydroxylation sites is 2. The van der Waals surface area contributed by atoms with Crippen LogP contribution in [0.25, 0.3) is 11.0 Å². The number of rotatable bonds is 3. The molecule has 1 N–H and O–H groups in total. The molecular weight excluding hydrogens is 341 g/mol. The van der Waals surface area contributed by atoms with Crippen LogP contribution in [0.5, 0.6) is 0 Å². The first kappa shape index (κ1) is 16.6. The summed E-state index contributed by atoms with van der Waals surface area (Å²) < 4.78 is 39.5. The summed E-state index contributed by atoms with van der Waals surface area (Å²) in [6.07, 6.45) is -0.780. The van der Waals surface area contributed by atoms with Gasteiger partial charge < -0.3 is 10.2 Å². The quantitative estimate of drug-likeness (QED) is 0.716. The van der Waals surface area contributed by atoms with Crippen molar-refractivity contribution in [2.45, 2.75) is 19.0 Å². The topological polar surface area (TPSA) is 41.0 Å². The summed E-state index contributed by atoms with van der Waals surface area (Å²) in [6, 6.07) is 11.2. The van der Waals surface area contributed by atoms with Gasteiger partial charge in [-0.05, 0) is 43.2 Å². The zero-order chi connectivity index (χ0) is 18.1. The van der Waals surface area contributed by atoms with Gasteiger partial charge in [-0.2, -0.15) is 13.2 Å². The van der Waals surface area contributed by atoms with Crippen LogP contribution < -0.4 is 10.2 Å². The molecule has 1 saturated heterocycles. The summed E-state index contributed by atoms with van der Waals surface area (Å²) in [5.74, 6) is 0.420. The number of aromatic nitrogens is 2. The van der Waals surface area contributed by atoms with Gasteiger partial charge in [0.15, 0.2) is 0 Å². The van der Waals surface area contributed by atoms with E-state index in [4.69, 9.17) is 0 Å². The molecule has 0 amide bonds. The van der Waals surface area contributed by atoms with E-state index in [1.54, 1.807) is 0 Å². The first-order valence-corrected chi connectivity index (χ1v) is 8.46. The van der Waals surface area contributed by atoms with E-state index in [1.807, 2.05) is 24.3 Å². The monoisotopic (exact) mass is 358 g/mol. The van der Waals surface area contributed by atoms with Crippen molar-refractivity contribution in [3.63, 3.8) is 0 Å². The van der Waals surface area contributed by atoms with Crippen molar-refractivity contribution in [3.8, 4) is 0 Å². The lowest BCUT2D eigenvalue weighted by atomic mass is 10.1. The molecule has 7 heteroatoms. The molecule has 0 unspecified atom stereocenters. The van der Waals surface area contributed by atoms with E-state index in [0.29, 0.717) is 17.0 Å². The van der Waals surface area contributed by atoms with Crippen molar-refractivity contribution in [2.75, 3.05) is 23.3 Å². The fourth-order valence-corrected chi connectivity index (χ4v) is 3.20. The van der Waals surface area contributed by atoms with Gasteiger partial charge in [0, 0.05) is 13.1 Å². The molecule has 26 heavy (non-hydrogen) atoms. The van der Waals surface area contributed by atoms with Gasteiger partial charge in [0.1, 0.15) is 5.82 Å². The average molecular weight is 358 g/mol. The number of fused-ring (bicyclic) bond motifs is 1. The zero-order valence-electron chi connectivity index (χ0n) is 13.9. The van der Waals surface area contributed by atoms with Gasteiger partial charge in [0.2, 0.25) is 0 Å². The van der Waals surface area contributed by atoms with Crippen LogP contribution in [0, 0.1) is 0 Å². The van der Waals surface area contributed by atoms with Crippen molar-refractivity contribution in [1.29, 1.82) is 0 Å². The molecule has 1 aliphatic rings. The van der Waals surface area contributed by atoms with Crippen LogP contribution in [0.4, 0.5) is 30.4 Å². The fourth-order valence-electron chi connectivity index (χ4n) is 3.20. The Kier molecular flexibility index (Phi) is 4.14. The van der Waals surface area contributed by atoms with E-state index in [1.165, 1.54) is 12.3 Å². The third-order valence-corrected chi connectivity index (χ3v) is 4.48. The molecule has 0 radical (unpaired) electrons. The Balaban J connectivity index is 1.74. The van der Waals surface area contributed by atoms with Crippen LogP contribution in [-0.4, -0.2) is 23.1 Å². The van der Waals surface area contributed by atoms with Gasteiger partial charge in [0.25, 0.3) is 0 Å². The number of nitrogens with zero attached hydrogens (tertiary/aromatic N) is 3. The molecule has 0 atom stereocenters. The maximum absolute atomic E-state index is 13.2. The van der Waals surface area contributed by atoms with Gasteiger partial charge >= 0.3 is 6.18 Å². The second-order valence-corrected chi connectivity index (χ2v) is 6.29. The number of nitrogens with one attached hydrogen (secondary N) is 1. The highest BCUT2D eigenvalue weighted by molar-refractivity contribution is 5.79. The van der Waals surface area contributed by atoms with Crippen LogP contribution in [0.3, 0.4) is 0 Å². The Bertz CT molecular complexity index is 933. The molecule has 1 fully saturated rings. The number of hydrogen-bond acceptors (Lipinski definition) is 4. The average Bonchev–Trinajstić information content (AvgIpc) is 3.15. The number of alkyl halides is 3. The predicted octanol–water partition coefficient (Wildman–Crippen LogP) is 4.99. The van der Waals surface area contributed by atoms with Crippen molar-refractivity contribution in [1.82, 2.24) is 9.97 Å². The molecule has 134 valence electrons. The number of benzene rings is 2. The minimum Gasteiger partial charge on any atom is -0.370 e. The van der Waals surface area contributed by atoms with Crippen molar-refractivity contribution in [2.24, 2.45) is 0 Å². The molecule has 1 aliphatic heterocycles. The molecular formula is C19H17F3N4. The Morgan fingerprint density at radius 3 is 2.42 bits per heavy atom. The lowest BCUT2D eigenvalue weighted by molar-refractivity contribution is -0.137. The smallest absolute Gasteiger partial charge is 0.370 e. The van der Waals surface area contributed by atoms with Crippen LogP contribution in [0.15, 0.2) is 48.7 Å². The number of hydrogen-bond donors (Lipinski definition) is 1. The van der Waals surface area contributed by atoms with Crippen LogP contribution >= 0.6 is 0 Å². The SMILES string of the molecule is FC(F)(F)c1ccc(N2CCCC2)c(Nc2cnc3ccccc3n2)c1. The molecule has 2 heterocycles. The third-order valence-electron chi connectivity index (χ3n) is 4.48. The Morgan fingerprint density at radius 1 is 0.962 bits per heavy atom. The largest absolute Gasteiger partial charge is 0.416 e. The second-order valence-electron chi connectivity index (χ2n) is 6.29. The first-order chi connectivity index (χ1) is 12.5. The lowest BCUT2D eigenvalue weighted by Crippen LogP contribution is -2.19. The summed E-state index contributed by atoms with van der Waals surface area (Å²) in [5, 5.41) is 3.04. The molecule has 4 rings (SSSR count). The van der Waals surface area contributed by atoms with Crippen LogP contribution in [-0.2, 0) is 6.18 Å². The highest BCUT2D eigenvalue weighted by Crippen LogP contribution is 2.37. The Hall–Kier alpha value is -2.83. The fraction of sp³-hybridized carbons (Fsp3) is 0.263. The van der Waals surface area contributed by atoms with E-state index < -0.39 is 11.7 Å². The van der Waals surface area contributed by atoms with Crippen LogP contribution in [0.2, 0.25) is 0 Å².